The maximum atomic E-state index is 4.37. The number of nitrogens with zero attached hydrogens (tertiary/aromatic N) is 2. The molecule has 0 bridgehead atoms. The van der Waals surface area contributed by atoms with Gasteiger partial charge >= 0.3 is 0 Å². The summed E-state index contributed by atoms with van der Waals surface area (Å²) < 4.78 is 3.38. The quantitative estimate of drug-likeness (QED) is 0.368. The Morgan fingerprint density at radius 2 is 1.91 bits per heavy atom. The summed E-state index contributed by atoms with van der Waals surface area (Å²) >= 11 is 2.36. The lowest BCUT2D eigenvalue weighted by molar-refractivity contribution is -0.671. The molecule has 116 valence electrons. The number of hydrogen-bond donors (Lipinski definition) is 0. The van der Waals surface area contributed by atoms with Gasteiger partial charge in [-0.05, 0) is 37.1 Å². The van der Waals surface area contributed by atoms with E-state index in [1.54, 1.807) is 0 Å². The summed E-state index contributed by atoms with van der Waals surface area (Å²) in [5.41, 5.74) is 4.65. The fourth-order valence-electron chi connectivity index (χ4n) is 2.76. The van der Waals surface area contributed by atoms with Gasteiger partial charge < -0.3 is 0 Å². The number of aromatic nitrogens is 1. The lowest BCUT2D eigenvalue weighted by Gasteiger charge is -2.22. The van der Waals surface area contributed by atoms with Crippen LogP contribution in [0.25, 0.3) is 0 Å². The third-order valence-corrected chi connectivity index (χ3v) is 5.23. The molecule has 0 saturated heterocycles. The summed E-state index contributed by atoms with van der Waals surface area (Å²) in [6.45, 7) is 6.49. The molecule has 0 aliphatic carbocycles. The number of benzene rings is 1. The van der Waals surface area contributed by atoms with Crippen LogP contribution < -0.4 is 9.47 Å². The van der Waals surface area contributed by atoms with Gasteiger partial charge in [0.25, 0.3) is 5.82 Å². The minimum Gasteiger partial charge on any atom is -0.224 e. The Balaban J connectivity index is 2.26. The van der Waals surface area contributed by atoms with Crippen LogP contribution in [0.2, 0.25) is 0 Å². The van der Waals surface area contributed by atoms with Crippen molar-refractivity contribution in [2.45, 2.75) is 13.3 Å². The molecule has 2 heterocycles. The van der Waals surface area contributed by atoms with Crippen molar-refractivity contribution in [3.63, 3.8) is 0 Å². The van der Waals surface area contributed by atoms with E-state index in [0.717, 1.165) is 23.5 Å². The van der Waals surface area contributed by atoms with Crippen molar-refractivity contribution in [1.82, 2.24) is 0 Å². The summed E-state index contributed by atoms with van der Waals surface area (Å²) in [5.74, 6) is 1.11. The average molecular weight is 415 g/mol. The molecule has 2 nitrogen and oxygen atoms in total. The van der Waals surface area contributed by atoms with Crippen molar-refractivity contribution in [3.05, 3.63) is 87.8 Å². The van der Waals surface area contributed by atoms with Gasteiger partial charge in [0.2, 0.25) is 0 Å². The van der Waals surface area contributed by atoms with Gasteiger partial charge in [-0.15, -0.1) is 0 Å². The van der Waals surface area contributed by atoms with E-state index in [4.69, 9.17) is 0 Å². The summed E-state index contributed by atoms with van der Waals surface area (Å²) in [7, 11) is 2.09. The first-order valence-electron chi connectivity index (χ1n) is 7.65. The predicted octanol–water partition coefficient (Wildman–Crippen LogP) is 4.83. The number of halogens is 1. The first-order valence-corrected chi connectivity index (χ1v) is 8.73. The molecule has 23 heavy (non-hydrogen) atoms. The Morgan fingerprint density at radius 1 is 1.13 bits per heavy atom. The van der Waals surface area contributed by atoms with Crippen LogP contribution in [0, 0.1) is 3.70 Å². The standard InChI is InChI=1S/C20H20IN2/c1-15-9-4-5-10-17-11-6-7-12-18(17)23(16(15)2)20-14-8-13-19(21)22(20)3/h4-9,11-14H,2,10H2,1,3H3/q+1/b5-4-,15-9-. The number of pyridine rings is 1. The van der Waals surface area contributed by atoms with Crippen LogP contribution in [0.15, 0.2) is 78.5 Å². The molecule has 3 rings (SSSR count). The van der Waals surface area contributed by atoms with Crippen LogP contribution in [-0.2, 0) is 13.5 Å². The molecule has 1 aromatic heterocycles. The molecule has 0 fully saturated rings. The fourth-order valence-corrected chi connectivity index (χ4v) is 3.21. The first kappa shape index (κ1) is 16.0. The van der Waals surface area contributed by atoms with Gasteiger partial charge in [0.1, 0.15) is 11.4 Å². The third-order valence-electron chi connectivity index (χ3n) is 4.15. The maximum absolute atomic E-state index is 4.37. The largest absolute Gasteiger partial charge is 0.287 e. The second-order valence-electron chi connectivity index (χ2n) is 5.66. The Bertz CT molecular complexity index is 818. The molecule has 2 aromatic rings. The van der Waals surface area contributed by atoms with Gasteiger partial charge in [-0.2, -0.15) is 4.90 Å². The maximum Gasteiger partial charge on any atom is 0.287 e. The third kappa shape index (κ3) is 3.11. The van der Waals surface area contributed by atoms with Crippen molar-refractivity contribution in [1.29, 1.82) is 0 Å². The molecule has 1 aromatic carbocycles. The summed E-state index contributed by atoms with van der Waals surface area (Å²) in [5, 5.41) is 0. The number of anilines is 2. The van der Waals surface area contributed by atoms with Crippen molar-refractivity contribution >= 4 is 34.1 Å². The second-order valence-corrected chi connectivity index (χ2v) is 6.76. The van der Waals surface area contributed by atoms with E-state index in [0.29, 0.717) is 0 Å². The highest BCUT2D eigenvalue weighted by molar-refractivity contribution is 14.1. The molecule has 0 spiro atoms. The van der Waals surface area contributed by atoms with E-state index in [1.807, 2.05) is 0 Å². The number of fused-ring (bicyclic) bond motifs is 1. The zero-order chi connectivity index (χ0) is 16.4. The zero-order valence-electron chi connectivity index (χ0n) is 13.5. The van der Waals surface area contributed by atoms with E-state index in [-0.39, 0.29) is 0 Å². The first-order chi connectivity index (χ1) is 11.1. The molecule has 0 radical (unpaired) electrons. The fraction of sp³-hybridized carbons (Fsp3) is 0.150. The highest BCUT2D eigenvalue weighted by Crippen LogP contribution is 2.33. The topological polar surface area (TPSA) is 7.12 Å². The van der Waals surface area contributed by atoms with Crippen LogP contribution in [-0.4, -0.2) is 0 Å². The molecule has 0 atom stereocenters. The summed E-state index contributed by atoms with van der Waals surface area (Å²) in [6, 6.07) is 14.9. The van der Waals surface area contributed by atoms with Gasteiger partial charge in [0.15, 0.2) is 3.70 Å². The molecule has 0 unspecified atom stereocenters. The molecule has 1 aliphatic heterocycles. The van der Waals surface area contributed by atoms with Crippen molar-refractivity contribution in [3.8, 4) is 0 Å². The average Bonchev–Trinajstić information content (AvgIpc) is 2.61. The van der Waals surface area contributed by atoms with E-state index in [1.165, 1.54) is 15.0 Å². The van der Waals surface area contributed by atoms with Crippen molar-refractivity contribution < 1.29 is 4.57 Å². The van der Waals surface area contributed by atoms with Crippen molar-refractivity contribution in [2.75, 3.05) is 4.90 Å². The van der Waals surface area contributed by atoms with Crippen LogP contribution in [0.3, 0.4) is 0 Å². The highest BCUT2D eigenvalue weighted by Gasteiger charge is 2.28. The smallest absolute Gasteiger partial charge is 0.224 e. The Morgan fingerprint density at radius 3 is 2.74 bits per heavy atom. The van der Waals surface area contributed by atoms with Gasteiger partial charge in [0.05, 0.1) is 7.05 Å². The molecule has 0 N–H and O–H groups in total. The predicted molar refractivity (Wildman–Crippen MR) is 105 cm³/mol. The minimum atomic E-state index is 0.914. The highest BCUT2D eigenvalue weighted by atomic mass is 127. The van der Waals surface area contributed by atoms with Gasteiger partial charge in [-0.25, -0.2) is 4.57 Å². The van der Waals surface area contributed by atoms with Gasteiger partial charge in [-0.3, -0.25) is 0 Å². The summed E-state index contributed by atoms with van der Waals surface area (Å²) in [6.07, 6.45) is 7.37. The molecule has 3 heteroatoms. The van der Waals surface area contributed by atoms with Gasteiger partial charge in [0, 0.05) is 34.2 Å². The van der Waals surface area contributed by atoms with Crippen LogP contribution >= 0.6 is 22.6 Å². The number of para-hydroxylation sites is 1. The lowest BCUT2D eigenvalue weighted by atomic mass is 10.1. The zero-order valence-corrected chi connectivity index (χ0v) is 15.6. The molecular formula is C20H20IN2+. The number of allylic oxidation sites excluding steroid dienone is 4. The molecule has 0 saturated carbocycles. The second kappa shape index (κ2) is 6.71. The minimum absolute atomic E-state index is 0.914. The monoisotopic (exact) mass is 415 g/mol. The van der Waals surface area contributed by atoms with Crippen LogP contribution in [0.4, 0.5) is 11.5 Å². The van der Waals surface area contributed by atoms with E-state index in [9.17, 15) is 0 Å². The molecular weight excluding hydrogens is 395 g/mol. The Hall–Kier alpha value is -1.88. The van der Waals surface area contributed by atoms with E-state index in [2.05, 4.69) is 113 Å². The lowest BCUT2D eigenvalue weighted by Crippen LogP contribution is -2.39. The van der Waals surface area contributed by atoms with Crippen LogP contribution in [0.1, 0.15) is 12.5 Å². The Kier molecular flexibility index (Phi) is 4.66. The number of hydrogen-bond acceptors (Lipinski definition) is 1. The molecule has 0 amide bonds. The van der Waals surface area contributed by atoms with Crippen LogP contribution in [0.5, 0.6) is 0 Å². The Labute approximate surface area is 151 Å². The SMILES string of the molecule is C=C1/C(C)=C\C=C/Cc2ccccc2N1c1cccc(I)[n+]1C. The number of rotatable bonds is 1. The normalized spacial score (nSPS) is 18.3. The van der Waals surface area contributed by atoms with E-state index >= 15 is 0 Å². The summed E-state index contributed by atoms with van der Waals surface area (Å²) in [4.78, 5) is 2.26. The van der Waals surface area contributed by atoms with Crippen molar-refractivity contribution in [2.24, 2.45) is 7.05 Å². The van der Waals surface area contributed by atoms with E-state index < -0.39 is 0 Å². The van der Waals surface area contributed by atoms with Gasteiger partial charge in [-0.1, -0.05) is 43.0 Å². The molecule has 1 aliphatic rings.